The zero-order chi connectivity index (χ0) is 19.7. The maximum Gasteiger partial charge on any atom is 0.411 e. The summed E-state index contributed by atoms with van der Waals surface area (Å²) in [7, 11) is 0. The van der Waals surface area contributed by atoms with Crippen molar-refractivity contribution < 1.29 is 18.9 Å². The molecule has 0 spiro atoms. The fraction of sp³-hybridized carbons (Fsp3) is 0.200. The van der Waals surface area contributed by atoms with E-state index in [0.717, 1.165) is 35.8 Å². The second-order valence-electron chi connectivity index (χ2n) is 6.54. The predicted octanol–water partition coefficient (Wildman–Crippen LogP) is 3.94. The number of carbonyl (C=O) groups excluding carboxylic acids is 1. The summed E-state index contributed by atoms with van der Waals surface area (Å²) < 4.78 is 10.5. The number of amides is 1. The largest absolute Gasteiger partial charge is 0.444 e. The van der Waals surface area contributed by atoms with E-state index >= 15 is 0 Å². The maximum atomic E-state index is 12.1. The zero-order valence-corrected chi connectivity index (χ0v) is 14.8. The van der Waals surface area contributed by atoms with E-state index in [1.165, 1.54) is 24.3 Å². The predicted molar refractivity (Wildman–Crippen MR) is 101 cm³/mol. The number of hydrogen-bond donors (Lipinski definition) is 1. The molecule has 0 saturated carbocycles. The Morgan fingerprint density at radius 1 is 1.14 bits per heavy atom. The van der Waals surface area contributed by atoms with Crippen LogP contribution in [0.1, 0.15) is 23.1 Å². The Morgan fingerprint density at radius 2 is 1.89 bits per heavy atom. The molecule has 4 rings (SSSR count). The van der Waals surface area contributed by atoms with Crippen molar-refractivity contribution in [3.8, 4) is 0 Å². The van der Waals surface area contributed by atoms with Gasteiger partial charge in [0.05, 0.1) is 4.92 Å². The SMILES string of the molecule is O=C(Nc1ccc2c3c(c(=O)oc2c1)CCC3)OCc1ccc([N+](=O)[O-])cc1. The number of fused-ring (bicyclic) bond motifs is 3. The molecule has 1 aromatic heterocycles. The number of aryl methyl sites for hydroxylation is 1. The van der Waals surface area contributed by atoms with Crippen molar-refractivity contribution in [1.82, 2.24) is 0 Å². The molecule has 1 heterocycles. The van der Waals surface area contributed by atoms with Crippen LogP contribution in [-0.2, 0) is 24.2 Å². The topological polar surface area (TPSA) is 112 Å². The molecular weight excluding hydrogens is 364 g/mol. The third-order valence-corrected chi connectivity index (χ3v) is 4.74. The molecule has 0 saturated heterocycles. The first-order valence-corrected chi connectivity index (χ1v) is 8.77. The van der Waals surface area contributed by atoms with Gasteiger partial charge in [-0.2, -0.15) is 0 Å². The van der Waals surface area contributed by atoms with Crippen LogP contribution in [0.3, 0.4) is 0 Å². The van der Waals surface area contributed by atoms with Gasteiger partial charge >= 0.3 is 11.7 Å². The van der Waals surface area contributed by atoms with E-state index in [4.69, 9.17) is 9.15 Å². The van der Waals surface area contributed by atoms with Crippen LogP contribution in [0.2, 0.25) is 0 Å². The molecule has 0 atom stereocenters. The molecule has 1 aliphatic rings. The van der Waals surface area contributed by atoms with Crippen LogP contribution in [0, 0.1) is 10.1 Å². The van der Waals surface area contributed by atoms with Gasteiger partial charge in [0.2, 0.25) is 0 Å². The van der Waals surface area contributed by atoms with Gasteiger partial charge in [-0.15, -0.1) is 0 Å². The number of nitro benzene ring substituents is 1. The van der Waals surface area contributed by atoms with Crippen molar-refractivity contribution in [2.24, 2.45) is 0 Å². The lowest BCUT2D eigenvalue weighted by Crippen LogP contribution is -2.13. The van der Waals surface area contributed by atoms with Gasteiger partial charge < -0.3 is 9.15 Å². The lowest BCUT2D eigenvalue weighted by Gasteiger charge is -2.09. The van der Waals surface area contributed by atoms with Gasteiger partial charge in [0.25, 0.3) is 5.69 Å². The van der Waals surface area contributed by atoms with Crippen molar-refractivity contribution in [3.63, 3.8) is 0 Å². The van der Waals surface area contributed by atoms with Crippen LogP contribution in [0.5, 0.6) is 0 Å². The van der Waals surface area contributed by atoms with Crippen LogP contribution >= 0.6 is 0 Å². The molecule has 142 valence electrons. The number of nitro groups is 1. The minimum atomic E-state index is -0.679. The fourth-order valence-electron chi connectivity index (χ4n) is 3.38. The van der Waals surface area contributed by atoms with Gasteiger partial charge in [0.15, 0.2) is 0 Å². The highest BCUT2D eigenvalue weighted by molar-refractivity contribution is 5.90. The molecule has 0 fully saturated rings. The van der Waals surface area contributed by atoms with Gasteiger partial charge in [0.1, 0.15) is 12.2 Å². The lowest BCUT2D eigenvalue weighted by molar-refractivity contribution is -0.384. The Morgan fingerprint density at radius 3 is 2.64 bits per heavy atom. The van der Waals surface area contributed by atoms with Crippen molar-refractivity contribution in [2.45, 2.75) is 25.9 Å². The highest BCUT2D eigenvalue weighted by atomic mass is 16.6. The van der Waals surface area contributed by atoms with E-state index in [1.807, 2.05) is 6.07 Å². The number of non-ortho nitro benzene ring substituents is 1. The second-order valence-corrected chi connectivity index (χ2v) is 6.54. The first-order valence-electron chi connectivity index (χ1n) is 8.77. The van der Waals surface area contributed by atoms with Gasteiger partial charge in [-0.05, 0) is 54.7 Å². The Kier molecular flexibility index (Phi) is 4.52. The molecule has 0 unspecified atom stereocenters. The van der Waals surface area contributed by atoms with Gasteiger partial charge in [-0.25, -0.2) is 9.59 Å². The third-order valence-electron chi connectivity index (χ3n) is 4.74. The smallest absolute Gasteiger partial charge is 0.411 e. The Balaban J connectivity index is 1.44. The summed E-state index contributed by atoms with van der Waals surface area (Å²) in [6.07, 6.45) is 1.85. The fourth-order valence-corrected chi connectivity index (χ4v) is 3.38. The molecule has 8 heteroatoms. The molecule has 1 amide bonds. The highest BCUT2D eigenvalue weighted by Crippen LogP contribution is 2.29. The number of ether oxygens (including phenoxy) is 1. The maximum absolute atomic E-state index is 12.1. The minimum Gasteiger partial charge on any atom is -0.444 e. The monoisotopic (exact) mass is 380 g/mol. The third kappa shape index (κ3) is 3.44. The summed E-state index contributed by atoms with van der Waals surface area (Å²) in [6, 6.07) is 10.9. The van der Waals surface area contributed by atoms with Crippen LogP contribution in [-0.4, -0.2) is 11.0 Å². The van der Waals surface area contributed by atoms with Crippen LogP contribution < -0.4 is 10.9 Å². The summed E-state index contributed by atoms with van der Waals surface area (Å²) in [5.74, 6) is 0. The standard InChI is InChI=1S/C20H16N2O6/c23-19-17-3-1-2-15(17)16-9-6-13(10-18(16)28-19)21-20(24)27-11-12-4-7-14(8-5-12)22(25)26/h4-10H,1-3,11H2,(H,21,24). The summed E-state index contributed by atoms with van der Waals surface area (Å²) in [5.41, 5.74) is 2.92. The number of carbonyl (C=O) groups is 1. The summed E-state index contributed by atoms with van der Waals surface area (Å²) in [4.78, 5) is 34.2. The number of benzene rings is 2. The quantitative estimate of drug-likeness (QED) is 0.417. The van der Waals surface area contributed by atoms with E-state index in [2.05, 4.69) is 5.32 Å². The van der Waals surface area contributed by atoms with Crippen molar-refractivity contribution >= 4 is 28.4 Å². The Labute approximate surface area is 158 Å². The molecule has 1 aliphatic carbocycles. The van der Waals surface area contributed by atoms with E-state index in [1.54, 1.807) is 12.1 Å². The average molecular weight is 380 g/mol. The molecule has 1 N–H and O–H groups in total. The number of nitrogens with one attached hydrogen (secondary N) is 1. The molecule has 0 radical (unpaired) electrons. The number of rotatable bonds is 4. The number of anilines is 1. The molecular formula is C20H16N2O6. The van der Waals surface area contributed by atoms with Crippen LogP contribution in [0.4, 0.5) is 16.2 Å². The normalized spacial score (nSPS) is 12.6. The van der Waals surface area contributed by atoms with E-state index < -0.39 is 11.0 Å². The first kappa shape index (κ1) is 17.7. The van der Waals surface area contributed by atoms with E-state index in [-0.39, 0.29) is 17.9 Å². The van der Waals surface area contributed by atoms with Crippen LogP contribution in [0.25, 0.3) is 11.0 Å². The van der Waals surface area contributed by atoms with E-state index in [0.29, 0.717) is 16.8 Å². The zero-order valence-electron chi connectivity index (χ0n) is 14.8. The summed E-state index contributed by atoms with van der Waals surface area (Å²) in [6.45, 7) is -0.0278. The molecule has 2 aromatic carbocycles. The van der Waals surface area contributed by atoms with Crippen LogP contribution in [0.15, 0.2) is 51.7 Å². The van der Waals surface area contributed by atoms with Gasteiger partial charge in [-0.1, -0.05) is 0 Å². The summed E-state index contributed by atoms with van der Waals surface area (Å²) >= 11 is 0. The molecule has 0 bridgehead atoms. The molecule has 3 aromatic rings. The highest BCUT2D eigenvalue weighted by Gasteiger charge is 2.19. The van der Waals surface area contributed by atoms with Crippen molar-refractivity contribution in [3.05, 3.63) is 79.7 Å². The molecule has 28 heavy (non-hydrogen) atoms. The van der Waals surface area contributed by atoms with Crippen molar-refractivity contribution in [2.75, 3.05) is 5.32 Å². The van der Waals surface area contributed by atoms with Gasteiger partial charge in [-0.3, -0.25) is 15.4 Å². The van der Waals surface area contributed by atoms with Crippen molar-refractivity contribution in [1.29, 1.82) is 0 Å². The molecule has 0 aliphatic heterocycles. The Hall–Kier alpha value is -3.68. The molecule has 8 nitrogen and oxygen atoms in total. The first-order chi connectivity index (χ1) is 13.5. The Bertz CT molecular complexity index is 1130. The number of hydrogen-bond acceptors (Lipinski definition) is 6. The van der Waals surface area contributed by atoms with E-state index in [9.17, 15) is 19.7 Å². The average Bonchev–Trinajstić information content (AvgIpc) is 3.17. The minimum absolute atomic E-state index is 0.0278. The number of nitrogens with zero attached hydrogens (tertiary/aromatic N) is 1. The summed E-state index contributed by atoms with van der Waals surface area (Å²) in [5, 5.41) is 14.1. The van der Waals surface area contributed by atoms with Gasteiger partial charge in [0, 0.05) is 34.8 Å². The lowest BCUT2D eigenvalue weighted by atomic mass is 10.1. The second kappa shape index (κ2) is 7.15.